The quantitative estimate of drug-likeness (QED) is 0.443. The number of fused-ring (bicyclic) bond motifs is 2. The maximum Gasteiger partial charge on any atom is 0.135 e. The molecule has 0 aliphatic carbocycles. The average Bonchev–Trinajstić information content (AvgIpc) is 3.06. The van der Waals surface area contributed by atoms with E-state index in [1.54, 1.807) is 12.1 Å². The summed E-state index contributed by atoms with van der Waals surface area (Å²) < 4.78 is 15.5. The summed E-state index contributed by atoms with van der Waals surface area (Å²) in [6.45, 7) is 0.469. The molecule has 0 fully saturated rings. The summed E-state index contributed by atoms with van der Waals surface area (Å²) in [6, 6.07) is 26.5. The van der Waals surface area contributed by atoms with Gasteiger partial charge in [-0.3, -0.25) is 0 Å². The van der Waals surface area contributed by atoms with Crippen molar-refractivity contribution in [3.8, 4) is 17.3 Å². The van der Waals surface area contributed by atoms with Crippen LogP contribution in [-0.2, 0) is 6.54 Å². The highest BCUT2D eigenvalue weighted by atomic mass is 19.1. The van der Waals surface area contributed by atoms with Crippen LogP contribution in [0, 0.1) is 17.1 Å². The third-order valence-electron chi connectivity index (χ3n) is 5.44. The van der Waals surface area contributed by atoms with Crippen LogP contribution in [0.3, 0.4) is 0 Å². The third kappa shape index (κ3) is 3.51. The Bertz CT molecular complexity index is 1260. The lowest BCUT2D eigenvalue weighted by atomic mass is 9.95. The number of aromatic nitrogens is 2. The van der Waals surface area contributed by atoms with E-state index in [4.69, 9.17) is 10.4 Å². The monoisotopic (exact) mass is 409 g/mol. The predicted octanol–water partition coefficient (Wildman–Crippen LogP) is 5.86. The van der Waals surface area contributed by atoms with Gasteiger partial charge in [0.25, 0.3) is 0 Å². The Balaban J connectivity index is 1.76. The number of aryl methyl sites for hydroxylation is 1. The van der Waals surface area contributed by atoms with E-state index in [1.165, 1.54) is 12.1 Å². The van der Waals surface area contributed by atoms with Crippen molar-refractivity contribution in [1.82, 2.24) is 9.78 Å². The first-order valence-electron chi connectivity index (χ1n) is 10.2. The van der Waals surface area contributed by atoms with Gasteiger partial charge in [-0.25, -0.2) is 9.07 Å². The maximum atomic E-state index is 13.7. The zero-order valence-corrected chi connectivity index (χ0v) is 16.7. The van der Waals surface area contributed by atoms with E-state index < -0.39 is 0 Å². The summed E-state index contributed by atoms with van der Waals surface area (Å²) in [5.41, 5.74) is 5.57. The highest BCUT2D eigenvalue weighted by Gasteiger charge is 2.30. The average molecular weight is 409 g/mol. The number of nitriles is 1. The second-order valence-corrected chi connectivity index (χ2v) is 7.41. The fourth-order valence-corrected chi connectivity index (χ4v) is 3.99. The van der Waals surface area contributed by atoms with Gasteiger partial charge >= 0.3 is 0 Å². The summed E-state index contributed by atoms with van der Waals surface area (Å²) in [4.78, 5) is 0. The largest absolute Gasteiger partial charge is 0.372 e. The lowest BCUT2D eigenvalue weighted by molar-refractivity contribution is 0.626. The third-order valence-corrected chi connectivity index (χ3v) is 5.44. The number of nitrogens with zero attached hydrogens (tertiary/aromatic N) is 3. The van der Waals surface area contributed by atoms with Crippen LogP contribution in [0.15, 0.2) is 78.9 Å². The van der Waals surface area contributed by atoms with Crippen LogP contribution in [0.2, 0.25) is 0 Å². The molecule has 0 bridgehead atoms. The normalized spacial score (nSPS) is 14.4. The molecule has 1 atom stereocenters. The van der Waals surface area contributed by atoms with Gasteiger partial charge in [0.15, 0.2) is 0 Å². The lowest BCUT2D eigenvalue weighted by Gasteiger charge is -2.20. The molecule has 4 aromatic rings. The molecule has 0 amide bonds. The summed E-state index contributed by atoms with van der Waals surface area (Å²) in [7, 11) is 0. The summed E-state index contributed by atoms with van der Waals surface area (Å²) in [6.07, 6.45) is 0.348. The first kappa shape index (κ1) is 18.9. The van der Waals surface area contributed by atoms with Crippen LogP contribution in [0.4, 0.5) is 21.6 Å². The van der Waals surface area contributed by atoms with Crippen molar-refractivity contribution < 1.29 is 4.39 Å². The zero-order chi connectivity index (χ0) is 21.2. The Morgan fingerprint density at radius 3 is 2.39 bits per heavy atom. The molecule has 0 saturated heterocycles. The highest BCUT2D eigenvalue weighted by molar-refractivity contribution is 5.83. The first-order chi connectivity index (χ1) is 15.2. The summed E-state index contributed by atoms with van der Waals surface area (Å²) >= 11 is 0. The number of hydrogen-bond acceptors (Lipinski definition) is 4. The molecule has 2 heterocycles. The molecule has 3 aromatic carbocycles. The summed E-state index contributed by atoms with van der Waals surface area (Å²) in [5, 5.41) is 21.2. The van der Waals surface area contributed by atoms with Gasteiger partial charge in [0.1, 0.15) is 17.3 Å². The van der Waals surface area contributed by atoms with E-state index in [9.17, 15) is 4.39 Å². The van der Waals surface area contributed by atoms with Crippen molar-refractivity contribution in [2.45, 2.75) is 19.0 Å². The Morgan fingerprint density at radius 1 is 0.935 bits per heavy atom. The molecule has 6 heteroatoms. The van der Waals surface area contributed by atoms with Crippen LogP contribution >= 0.6 is 0 Å². The second kappa shape index (κ2) is 7.96. The number of benzene rings is 3. The second-order valence-electron chi connectivity index (χ2n) is 7.41. The molecule has 2 N–H and O–H groups in total. The van der Waals surface area contributed by atoms with Gasteiger partial charge in [0, 0.05) is 11.1 Å². The van der Waals surface area contributed by atoms with Crippen molar-refractivity contribution in [3.05, 3.63) is 95.8 Å². The molecule has 1 aliphatic heterocycles. The topological polar surface area (TPSA) is 65.7 Å². The van der Waals surface area contributed by atoms with Crippen molar-refractivity contribution in [3.63, 3.8) is 0 Å². The SMILES string of the molecule is N#CCCn1nc(-c2ccccc2)c2c1Nc1ccccc1NC2c1ccc(F)cc1. The van der Waals surface area contributed by atoms with E-state index in [-0.39, 0.29) is 11.9 Å². The highest BCUT2D eigenvalue weighted by Crippen LogP contribution is 2.44. The van der Waals surface area contributed by atoms with Crippen molar-refractivity contribution in [1.29, 1.82) is 5.26 Å². The Labute approximate surface area is 179 Å². The molecule has 5 rings (SSSR count). The van der Waals surface area contributed by atoms with E-state index in [0.717, 1.165) is 39.6 Å². The Hall–Kier alpha value is -4.11. The van der Waals surface area contributed by atoms with Gasteiger partial charge in [-0.1, -0.05) is 54.6 Å². The minimum atomic E-state index is -0.274. The first-order valence-corrected chi connectivity index (χ1v) is 10.2. The maximum absolute atomic E-state index is 13.7. The Morgan fingerprint density at radius 2 is 1.65 bits per heavy atom. The van der Waals surface area contributed by atoms with Gasteiger partial charge in [-0.15, -0.1) is 0 Å². The molecule has 31 heavy (non-hydrogen) atoms. The van der Waals surface area contributed by atoms with Gasteiger partial charge in [0.05, 0.1) is 36.5 Å². The van der Waals surface area contributed by atoms with Crippen LogP contribution in [-0.4, -0.2) is 9.78 Å². The number of para-hydroxylation sites is 2. The molecule has 0 saturated carbocycles. The molecule has 1 aliphatic rings. The van der Waals surface area contributed by atoms with E-state index >= 15 is 0 Å². The lowest BCUT2D eigenvalue weighted by Crippen LogP contribution is -2.12. The van der Waals surface area contributed by atoms with Crippen molar-refractivity contribution in [2.75, 3.05) is 10.6 Å². The minimum absolute atomic E-state index is 0.252. The van der Waals surface area contributed by atoms with Gasteiger partial charge < -0.3 is 10.6 Å². The van der Waals surface area contributed by atoms with Gasteiger partial charge in [-0.2, -0.15) is 10.4 Å². The van der Waals surface area contributed by atoms with E-state index in [1.807, 2.05) is 59.3 Å². The molecular formula is C25H20FN5. The molecule has 5 nitrogen and oxygen atoms in total. The smallest absolute Gasteiger partial charge is 0.135 e. The van der Waals surface area contributed by atoms with Gasteiger partial charge in [-0.05, 0) is 29.8 Å². The predicted molar refractivity (Wildman–Crippen MR) is 119 cm³/mol. The molecule has 0 radical (unpaired) electrons. The van der Waals surface area contributed by atoms with Crippen LogP contribution in [0.1, 0.15) is 23.6 Å². The molecular weight excluding hydrogens is 389 g/mol. The molecule has 0 spiro atoms. The summed E-state index contributed by atoms with van der Waals surface area (Å²) in [5.74, 6) is 0.560. The van der Waals surface area contributed by atoms with Crippen LogP contribution < -0.4 is 10.6 Å². The number of anilines is 3. The number of hydrogen-bond donors (Lipinski definition) is 2. The molecule has 1 aromatic heterocycles. The van der Waals surface area contributed by atoms with E-state index in [2.05, 4.69) is 16.7 Å². The van der Waals surface area contributed by atoms with Crippen LogP contribution in [0.25, 0.3) is 11.3 Å². The van der Waals surface area contributed by atoms with E-state index in [0.29, 0.717) is 13.0 Å². The van der Waals surface area contributed by atoms with Crippen molar-refractivity contribution >= 4 is 17.2 Å². The number of halogens is 1. The van der Waals surface area contributed by atoms with Gasteiger partial charge in [0.2, 0.25) is 0 Å². The number of rotatable bonds is 4. The van der Waals surface area contributed by atoms with Crippen molar-refractivity contribution in [2.24, 2.45) is 0 Å². The molecule has 152 valence electrons. The fourth-order valence-electron chi connectivity index (χ4n) is 3.99. The zero-order valence-electron chi connectivity index (χ0n) is 16.7. The molecule has 1 unspecified atom stereocenters. The standard InChI is InChI=1S/C25H20FN5/c26-19-13-11-18(12-14-19)23-22-24(17-7-2-1-3-8-17)30-31(16-6-15-27)25(22)29-21-10-5-4-9-20(21)28-23/h1-5,7-14,23,28-29H,6,16H2. The Kier molecular flexibility index (Phi) is 4.85. The van der Waals surface area contributed by atoms with Crippen LogP contribution in [0.5, 0.6) is 0 Å². The number of nitrogens with one attached hydrogen (secondary N) is 2. The minimum Gasteiger partial charge on any atom is -0.372 e. The fraction of sp³-hybridized carbons (Fsp3) is 0.120.